The predicted molar refractivity (Wildman–Crippen MR) is 103 cm³/mol. The highest BCUT2D eigenvalue weighted by Gasteiger charge is 2.27. The molecule has 0 aliphatic heterocycles. The Labute approximate surface area is 164 Å². The zero-order chi connectivity index (χ0) is 20.0. The van der Waals surface area contributed by atoms with Gasteiger partial charge in [0, 0.05) is 0 Å². The molecule has 1 amide bonds. The van der Waals surface area contributed by atoms with E-state index in [1.54, 1.807) is 26.8 Å². The molecule has 0 aromatic carbocycles. The molecule has 0 spiro atoms. The standard InChI is InChI=1S/C17H18N2O6S2/c1-4-23-15(21)11-9(3)12(16(22)24-5-2)27-14(11)19-17(26)18-13(20)10-7-6-8-25-10/h6-8H,4-5H2,1-3H3,(H2,18,19,20,26). The highest BCUT2D eigenvalue weighted by molar-refractivity contribution is 7.80. The molecule has 2 heterocycles. The summed E-state index contributed by atoms with van der Waals surface area (Å²) in [5.41, 5.74) is 0.582. The van der Waals surface area contributed by atoms with Crippen LogP contribution in [0.4, 0.5) is 5.00 Å². The molecule has 0 atom stereocenters. The molecule has 144 valence electrons. The van der Waals surface area contributed by atoms with Crippen LogP contribution in [0.5, 0.6) is 0 Å². The molecule has 2 aromatic heterocycles. The van der Waals surface area contributed by atoms with Gasteiger partial charge in [-0.2, -0.15) is 0 Å². The van der Waals surface area contributed by atoms with Gasteiger partial charge in [-0.3, -0.25) is 10.1 Å². The Morgan fingerprint density at radius 3 is 2.44 bits per heavy atom. The number of hydrogen-bond donors (Lipinski definition) is 2. The fraction of sp³-hybridized carbons (Fsp3) is 0.294. The number of anilines is 1. The van der Waals surface area contributed by atoms with Crippen molar-refractivity contribution < 1.29 is 28.3 Å². The highest BCUT2D eigenvalue weighted by atomic mass is 32.1. The zero-order valence-electron chi connectivity index (χ0n) is 14.9. The predicted octanol–water partition coefficient (Wildman–Crippen LogP) is 3.13. The molecule has 0 aliphatic rings. The second-order valence-corrected chi connectivity index (χ2v) is 6.52. The Kier molecular flexibility index (Phi) is 7.08. The van der Waals surface area contributed by atoms with Crippen LogP contribution in [0.15, 0.2) is 22.8 Å². The van der Waals surface area contributed by atoms with Crippen molar-refractivity contribution >= 4 is 51.5 Å². The SMILES string of the molecule is CCOC(=O)c1sc(NC(=S)NC(=O)c2ccco2)c(C(=O)OCC)c1C. The lowest BCUT2D eigenvalue weighted by Crippen LogP contribution is -2.34. The van der Waals surface area contributed by atoms with Gasteiger partial charge in [-0.1, -0.05) is 0 Å². The number of amides is 1. The molecule has 2 aromatic rings. The van der Waals surface area contributed by atoms with Crippen molar-refractivity contribution in [2.75, 3.05) is 18.5 Å². The number of hydrogen-bond acceptors (Lipinski definition) is 8. The van der Waals surface area contributed by atoms with E-state index in [1.165, 1.54) is 12.3 Å². The third-order valence-corrected chi connectivity index (χ3v) is 4.68. The average molecular weight is 410 g/mol. The van der Waals surface area contributed by atoms with E-state index in [2.05, 4.69) is 10.6 Å². The molecule has 8 nitrogen and oxygen atoms in total. The van der Waals surface area contributed by atoms with E-state index in [1.807, 2.05) is 0 Å². The monoisotopic (exact) mass is 410 g/mol. The first-order valence-corrected chi connectivity index (χ1v) is 9.24. The molecule has 0 saturated heterocycles. The fourth-order valence-electron chi connectivity index (χ4n) is 2.15. The van der Waals surface area contributed by atoms with Crippen molar-refractivity contribution in [2.24, 2.45) is 0 Å². The molecule has 27 heavy (non-hydrogen) atoms. The third-order valence-electron chi connectivity index (χ3n) is 3.29. The maximum Gasteiger partial charge on any atom is 0.348 e. The van der Waals surface area contributed by atoms with Gasteiger partial charge in [-0.05, 0) is 50.7 Å². The Hall–Kier alpha value is -2.72. The summed E-state index contributed by atoms with van der Waals surface area (Å²) in [5.74, 6) is -1.62. The van der Waals surface area contributed by atoms with Crippen LogP contribution >= 0.6 is 23.6 Å². The molecule has 0 unspecified atom stereocenters. The average Bonchev–Trinajstić information content (AvgIpc) is 3.23. The van der Waals surface area contributed by atoms with Crippen molar-refractivity contribution in [3.63, 3.8) is 0 Å². The summed E-state index contributed by atoms with van der Waals surface area (Å²) in [6, 6.07) is 3.05. The summed E-state index contributed by atoms with van der Waals surface area (Å²) in [6.07, 6.45) is 1.36. The van der Waals surface area contributed by atoms with Crippen LogP contribution in [0.25, 0.3) is 0 Å². The van der Waals surface area contributed by atoms with Crippen LogP contribution in [0.1, 0.15) is 50.0 Å². The number of thiocarbonyl (C=S) groups is 1. The Bertz CT molecular complexity index is 857. The molecule has 0 fully saturated rings. The summed E-state index contributed by atoms with van der Waals surface area (Å²) in [6.45, 7) is 5.34. The Morgan fingerprint density at radius 1 is 1.19 bits per heavy atom. The zero-order valence-corrected chi connectivity index (χ0v) is 16.5. The highest BCUT2D eigenvalue weighted by Crippen LogP contribution is 2.34. The quantitative estimate of drug-likeness (QED) is 0.553. The minimum Gasteiger partial charge on any atom is -0.462 e. The van der Waals surface area contributed by atoms with Gasteiger partial charge in [0.1, 0.15) is 9.88 Å². The lowest BCUT2D eigenvalue weighted by atomic mass is 10.1. The topological polar surface area (TPSA) is 107 Å². The van der Waals surface area contributed by atoms with Gasteiger partial charge in [-0.25, -0.2) is 9.59 Å². The van der Waals surface area contributed by atoms with E-state index in [9.17, 15) is 14.4 Å². The van der Waals surface area contributed by atoms with Crippen molar-refractivity contribution in [3.8, 4) is 0 Å². The van der Waals surface area contributed by atoms with Crippen molar-refractivity contribution in [1.82, 2.24) is 5.32 Å². The summed E-state index contributed by atoms with van der Waals surface area (Å²) < 4.78 is 15.1. The molecule has 0 aliphatic carbocycles. The summed E-state index contributed by atoms with van der Waals surface area (Å²) in [4.78, 5) is 36.7. The largest absolute Gasteiger partial charge is 0.462 e. The molecule has 0 bridgehead atoms. The number of furan rings is 1. The second kappa shape index (κ2) is 9.28. The number of esters is 2. The van der Waals surface area contributed by atoms with Gasteiger partial charge in [0.25, 0.3) is 5.91 Å². The number of rotatable bonds is 6. The van der Waals surface area contributed by atoms with Crippen LogP contribution in [0, 0.1) is 6.92 Å². The van der Waals surface area contributed by atoms with E-state index in [0.717, 1.165) is 11.3 Å². The van der Waals surface area contributed by atoms with Gasteiger partial charge in [-0.15, -0.1) is 11.3 Å². The first-order valence-electron chi connectivity index (χ1n) is 8.02. The van der Waals surface area contributed by atoms with Crippen molar-refractivity contribution in [1.29, 1.82) is 0 Å². The van der Waals surface area contributed by atoms with Crippen LogP contribution in [-0.2, 0) is 9.47 Å². The van der Waals surface area contributed by atoms with Gasteiger partial charge >= 0.3 is 11.9 Å². The smallest absolute Gasteiger partial charge is 0.348 e. The molecular formula is C17H18N2O6S2. The second-order valence-electron chi connectivity index (χ2n) is 5.09. The number of carbonyl (C=O) groups excluding carboxylic acids is 3. The molecule has 0 radical (unpaired) electrons. The summed E-state index contributed by atoms with van der Waals surface area (Å²) in [7, 11) is 0. The maximum atomic E-state index is 12.3. The van der Waals surface area contributed by atoms with E-state index in [4.69, 9.17) is 26.1 Å². The van der Waals surface area contributed by atoms with E-state index in [-0.39, 0.29) is 39.5 Å². The minimum absolute atomic E-state index is 0.0568. The van der Waals surface area contributed by atoms with Crippen molar-refractivity contribution in [3.05, 3.63) is 40.2 Å². The summed E-state index contributed by atoms with van der Waals surface area (Å²) in [5, 5.41) is 5.43. The molecular weight excluding hydrogens is 392 g/mol. The number of carbonyl (C=O) groups is 3. The van der Waals surface area contributed by atoms with E-state index >= 15 is 0 Å². The van der Waals surface area contributed by atoms with Crippen molar-refractivity contribution in [2.45, 2.75) is 20.8 Å². The first-order chi connectivity index (χ1) is 12.9. The lowest BCUT2D eigenvalue weighted by molar-refractivity contribution is 0.0527. The number of thiophene rings is 1. The lowest BCUT2D eigenvalue weighted by Gasteiger charge is -2.09. The molecule has 10 heteroatoms. The maximum absolute atomic E-state index is 12.3. The van der Waals surface area contributed by atoms with E-state index in [0.29, 0.717) is 5.56 Å². The van der Waals surface area contributed by atoms with Crippen LogP contribution in [0.3, 0.4) is 0 Å². The molecule has 2 N–H and O–H groups in total. The van der Waals surface area contributed by atoms with Gasteiger partial charge in [0.15, 0.2) is 10.9 Å². The number of ether oxygens (including phenoxy) is 2. The minimum atomic E-state index is -0.607. The van der Waals surface area contributed by atoms with Gasteiger partial charge in [0.05, 0.1) is 25.0 Å². The molecule has 2 rings (SSSR count). The normalized spacial score (nSPS) is 10.2. The first kappa shape index (κ1) is 20.6. The fourth-order valence-corrected chi connectivity index (χ4v) is 3.50. The van der Waals surface area contributed by atoms with Crippen LogP contribution in [-0.4, -0.2) is 36.2 Å². The van der Waals surface area contributed by atoms with Gasteiger partial charge in [0.2, 0.25) is 0 Å². The van der Waals surface area contributed by atoms with Crippen LogP contribution < -0.4 is 10.6 Å². The van der Waals surface area contributed by atoms with Crippen LogP contribution in [0.2, 0.25) is 0 Å². The number of nitrogens with one attached hydrogen (secondary N) is 2. The van der Waals surface area contributed by atoms with E-state index < -0.39 is 17.8 Å². The third kappa shape index (κ3) is 4.92. The Morgan fingerprint density at radius 2 is 1.85 bits per heavy atom. The van der Waals surface area contributed by atoms with Gasteiger partial charge < -0.3 is 19.2 Å². The Balaban J connectivity index is 2.26. The molecule has 0 saturated carbocycles. The summed E-state index contributed by atoms with van der Waals surface area (Å²) >= 11 is 6.11.